The zero-order chi connectivity index (χ0) is 14.6. The Morgan fingerprint density at radius 2 is 2.16 bits per heavy atom. The van der Waals surface area contributed by atoms with Crippen LogP contribution in [-0.4, -0.2) is 49.8 Å². The van der Waals surface area contributed by atoms with E-state index in [0.717, 1.165) is 6.42 Å². The van der Waals surface area contributed by atoms with Crippen LogP contribution in [0.3, 0.4) is 0 Å². The first kappa shape index (κ1) is 15.9. The zero-order valence-electron chi connectivity index (χ0n) is 11.9. The maximum absolute atomic E-state index is 12.2. The average Bonchev–Trinajstić information content (AvgIpc) is 2.58. The average molecular weight is 289 g/mol. The van der Waals surface area contributed by atoms with Crippen molar-refractivity contribution >= 4 is 15.8 Å². The molecule has 0 bridgehead atoms. The van der Waals surface area contributed by atoms with E-state index in [0.29, 0.717) is 13.1 Å². The molecule has 110 valence electrons. The molecule has 1 unspecified atom stereocenters. The van der Waals surface area contributed by atoms with Gasteiger partial charge in [-0.1, -0.05) is 6.92 Å². The number of nitrogens with one attached hydrogen (secondary N) is 1. The number of hydrogen-bond donors (Lipinski definition) is 2. The lowest BCUT2D eigenvalue weighted by Crippen LogP contribution is -2.39. The largest absolute Gasteiger partial charge is 0.381 e. The number of nitrogens with zero attached hydrogens (tertiary/aromatic N) is 3. The standard InChI is InChI=1S/C11H23N5O2S/c1-5-6-16-8-10(11(12)13-16)19(17,18)14-9(2)7-15(3)4/h8-9,14H,5-7H2,1-4H3,(H2,12,13). The Kier molecular flexibility index (Phi) is 5.33. The van der Waals surface area contributed by atoms with Gasteiger partial charge in [-0.05, 0) is 27.4 Å². The summed E-state index contributed by atoms with van der Waals surface area (Å²) in [7, 11) is 0.156. The zero-order valence-corrected chi connectivity index (χ0v) is 12.7. The molecule has 0 radical (unpaired) electrons. The summed E-state index contributed by atoms with van der Waals surface area (Å²) in [4.78, 5) is 1.96. The molecule has 0 saturated carbocycles. The number of aromatic nitrogens is 2. The summed E-state index contributed by atoms with van der Waals surface area (Å²) in [5.74, 6) is 0.0398. The monoisotopic (exact) mass is 289 g/mol. The highest BCUT2D eigenvalue weighted by molar-refractivity contribution is 7.89. The molecule has 3 N–H and O–H groups in total. The summed E-state index contributed by atoms with van der Waals surface area (Å²) >= 11 is 0. The van der Waals surface area contributed by atoms with Gasteiger partial charge >= 0.3 is 0 Å². The first-order chi connectivity index (χ1) is 8.76. The van der Waals surface area contributed by atoms with Crippen molar-refractivity contribution in [1.82, 2.24) is 19.4 Å². The van der Waals surface area contributed by atoms with Gasteiger partial charge in [-0.2, -0.15) is 5.10 Å². The molecule has 0 aliphatic rings. The minimum Gasteiger partial charge on any atom is -0.381 e. The molecule has 19 heavy (non-hydrogen) atoms. The molecular weight excluding hydrogens is 266 g/mol. The number of nitrogens with two attached hydrogens (primary N) is 1. The summed E-state index contributed by atoms with van der Waals surface area (Å²) in [5, 5.41) is 4.00. The lowest BCUT2D eigenvalue weighted by molar-refractivity contribution is 0.370. The van der Waals surface area contributed by atoms with Crippen LogP contribution in [0, 0.1) is 0 Å². The molecule has 0 fully saturated rings. The first-order valence-electron chi connectivity index (χ1n) is 6.26. The molecule has 0 saturated heterocycles. The van der Waals surface area contributed by atoms with Gasteiger partial charge in [0.05, 0.1) is 0 Å². The van der Waals surface area contributed by atoms with Crippen LogP contribution in [0.1, 0.15) is 20.3 Å². The first-order valence-corrected chi connectivity index (χ1v) is 7.74. The van der Waals surface area contributed by atoms with E-state index < -0.39 is 10.0 Å². The van der Waals surface area contributed by atoms with E-state index in [-0.39, 0.29) is 16.8 Å². The van der Waals surface area contributed by atoms with Gasteiger partial charge in [-0.15, -0.1) is 0 Å². The van der Waals surface area contributed by atoms with E-state index in [1.807, 2.05) is 32.8 Å². The van der Waals surface area contributed by atoms with Crippen LogP contribution in [0.25, 0.3) is 0 Å². The topological polar surface area (TPSA) is 93.2 Å². The van der Waals surface area contributed by atoms with Crippen LogP contribution in [-0.2, 0) is 16.6 Å². The molecule has 0 amide bonds. The van der Waals surface area contributed by atoms with E-state index in [9.17, 15) is 8.42 Å². The lowest BCUT2D eigenvalue weighted by Gasteiger charge is -2.17. The van der Waals surface area contributed by atoms with Crippen molar-refractivity contribution in [3.05, 3.63) is 6.20 Å². The Bertz CT molecular complexity index is 509. The van der Waals surface area contributed by atoms with Crippen LogP contribution in [0.15, 0.2) is 11.1 Å². The summed E-state index contributed by atoms with van der Waals surface area (Å²) in [6.07, 6.45) is 2.34. The fraction of sp³-hybridized carbons (Fsp3) is 0.727. The number of hydrogen-bond acceptors (Lipinski definition) is 5. The molecule has 1 aromatic rings. The smallest absolute Gasteiger partial charge is 0.246 e. The molecule has 8 heteroatoms. The van der Waals surface area contributed by atoms with Crippen molar-refractivity contribution in [2.24, 2.45) is 0 Å². The van der Waals surface area contributed by atoms with E-state index >= 15 is 0 Å². The van der Waals surface area contributed by atoms with E-state index in [1.165, 1.54) is 6.20 Å². The maximum Gasteiger partial charge on any atom is 0.246 e. The lowest BCUT2D eigenvalue weighted by atomic mass is 10.3. The Labute approximate surface area is 114 Å². The number of likely N-dealkylation sites (N-methyl/N-ethyl adjacent to an activating group) is 1. The van der Waals surface area contributed by atoms with E-state index in [4.69, 9.17) is 5.73 Å². The predicted octanol–water partition coefficient (Wildman–Crippen LogP) is 0.104. The van der Waals surface area contributed by atoms with Crippen LogP contribution >= 0.6 is 0 Å². The van der Waals surface area contributed by atoms with Crippen molar-refractivity contribution < 1.29 is 8.42 Å². The third-order valence-electron chi connectivity index (χ3n) is 2.49. The summed E-state index contributed by atoms with van der Waals surface area (Å²) in [6.45, 7) is 5.06. The SMILES string of the molecule is CCCn1cc(S(=O)(=O)NC(C)CN(C)C)c(N)n1. The number of rotatable bonds is 7. The number of aryl methyl sites for hydroxylation is 1. The molecule has 1 rings (SSSR count). The van der Waals surface area contributed by atoms with Gasteiger partial charge in [0.15, 0.2) is 5.82 Å². The molecule has 0 spiro atoms. The van der Waals surface area contributed by atoms with Gasteiger partial charge in [0.25, 0.3) is 0 Å². The van der Waals surface area contributed by atoms with Crippen molar-refractivity contribution in [1.29, 1.82) is 0 Å². The van der Waals surface area contributed by atoms with Crippen molar-refractivity contribution in [3.63, 3.8) is 0 Å². The third-order valence-corrected chi connectivity index (χ3v) is 4.10. The molecule has 0 aliphatic heterocycles. The van der Waals surface area contributed by atoms with E-state index in [1.54, 1.807) is 4.68 Å². The minimum atomic E-state index is -3.62. The second-order valence-corrected chi connectivity index (χ2v) is 6.61. The van der Waals surface area contributed by atoms with Crippen LogP contribution in [0.4, 0.5) is 5.82 Å². The molecule has 0 aliphatic carbocycles. The molecule has 1 heterocycles. The van der Waals surface area contributed by atoms with Gasteiger partial charge in [0.2, 0.25) is 10.0 Å². The highest BCUT2D eigenvalue weighted by atomic mass is 32.2. The Hall–Kier alpha value is -1.12. The summed E-state index contributed by atoms with van der Waals surface area (Å²) in [6, 6.07) is -0.200. The van der Waals surface area contributed by atoms with Gasteiger partial charge in [0, 0.05) is 25.3 Å². The maximum atomic E-state index is 12.2. The van der Waals surface area contributed by atoms with Gasteiger partial charge in [-0.25, -0.2) is 13.1 Å². The quantitative estimate of drug-likeness (QED) is 0.743. The Balaban J connectivity index is 2.88. The van der Waals surface area contributed by atoms with Crippen molar-refractivity contribution in [2.45, 2.75) is 37.8 Å². The van der Waals surface area contributed by atoms with Gasteiger partial charge in [0.1, 0.15) is 4.90 Å². The van der Waals surface area contributed by atoms with Gasteiger partial charge < -0.3 is 10.6 Å². The highest BCUT2D eigenvalue weighted by Crippen LogP contribution is 2.16. The molecule has 7 nitrogen and oxygen atoms in total. The van der Waals surface area contributed by atoms with Crippen molar-refractivity contribution in [3.8, 4) is 0 Å². The molecule has 1 atom stereocenters. The highest BCUT2D eigenvalue weighted by Gasteiger charge is 2.23. The molecule has 1 aromatic heterocycles. The Morgan fingerprint density at radius 3 is 2.68 bits per heavy atom. The number of nitrogen functional groups attached to an aromatic ring is 1. The Morgan fingerprint density at radius 1 is 1.53 bits per heavy atom. The fourth-order valence-corrected chi connectivity index (χ4v) is 3.19. The van der Waals surface area contributed by atoms with Crippen molar-refractivity contribution in [2.75, 3.05) is 26.4 Å². The second kappa shape index (κ2) is 6.36. The summed E-state index contributed by atoms with van der Waals surface area (Å²) in [5.41, 5.74) is 5.67. The third kappa shape index (κ3) is 4.48. The molecular formula is C11H23N5O2S. The summed E-state index contributed by atoms with van der Waals surface area (Å²) < 4.78 is 28.6. The number of sulfonamides is 1. The van der Waals surface area contributed by atoms with Crippen LogP contribution in [0.5, 0.6) is 0 Å². The van der Waals surface area contributed by atoms with E-state index in [2.05, 4.69) is 9.82 Å². The van der Waals surface area contributed by atoms with Gasteiger partial charge in [-0.3, -0.25) is 4.68 Å². The van der Waals surface area contributed by atoms with Crippen LogP contribution < -0.4 is 10.5 Å². The fourth-order valence-electron chi connectivity index (χ4n) is 1.88. The van der Waals surface area contributed by atoms with Crippen LogP contribution in [0.2, 0.25) is 0 Å². The normalized spacial score (nSPS) is 13.9. The predicted molar refractivity (Wildman–Crippen MR) is 75.3 cm³/mol. The number of anilines is 1. The minimum absolute atomic E-state index is 0.0398. The molecule has 0 aromatic carbocycles. The second-order valence-electron chi connectivity index (χ2n) is 4.93.